The number of fused-ring (bicyclic) bond motifs is 1. The highest BCUT2D eigenvalue weighted by Gasteiger charge is 2.18. The number of carbonyl (C=O) groups is 1. The van der Waals surface area contributed by atoms with Crippen molar-refractivity contribution in [2.24, 2.45) is 0 Å². The van der Waals surface area contributed by atoms with Gasteiger partial charge in [-0.1, -0.05) is 26.0 Å². The Labute approximate surface area is 158 Å². The Morgan fingerprint density at radius 2 is 1.89 bits per heavy atom. The van der Waals surface area contributed by atoms with Crippen molar-refractivity contribution < 1.29 is 9.18 Å². The Kier molecular flexibility index (Phi) is 5.54. The van der Waals surface area contributed by atoms with Crippen LogP contribution in [-0.2, 0) is 6.42 Å². The third-order valence-corrected chi connectivity index (χ3v) is 4.52. The molecule has 2 heterocycles. The predicted octanol–water partition coefficient (Wildman–Crippen LogP) is 4.25. The van der Waals surface area contributed by atoms with Crippen molar-refractivity contribution in [2.45, 2.75) is 46.1 Å². The lowest BCUT2D eigenvalue weighted by Gasteiger charge is -2.12. The maximum Gasteiger partial charge on any atom is 0.252 e. The topological polar surface area (TPSA) is 59.8 Å². The molecule has 0 aliphatic carbocycles. The van der Waals surface area contributed by atoms with Crippen LogP contribution in [0.4, 0.5) is 4.39 Å². The molecule has 0 aliphatic rings. The van der Waals surface area contributed by atoms with Crippen molar-refractivity contribution in [3.8, 4) is 0 Å². The third-order valence-electron chi connectivity index (χ3n) is 4.52. The van der Waals surface area contributed by atoms with Crippen molar-refractivity contribution in [2.75, 3.05) is 6.54 Å². The number of benzene rings is 1. The smallest absolute Gasteiger partial charge is 0.252 e. The van der Waals surface area contributed by atoms with E-state index in [0.717, 1.165) is 22.3 Å². The van der Waals surface area contributed by atoms with Gasteiger partial charge in [-0.2, -0.15) is 5.10 Å². The molecule has 0 radical (unpaired) electrons. The van der Waals surface area contributed by atoms with E-state index >= 15 is 0 Å². The number of nitrogens with zero attached hydrogens (tertiary/aromatic N) is 3. The summed E-state index contributed by atoms with van der Waals surface area (Å²) in [6.07, 6.45) is 2.35. The number of aromatic nitrogens is 3. The van der Waals surface area contributed by atoms with E-state index in [1.54, 1.807) is 18.3 Å². The number of carbonyl (C=O) groups excluding carboxylic acids is 1. The number of rotatable bonds is 6. The molecule has 0 spiro atoms. The van der Waals surface area contributed by atoms with Crippen LogP contribution in [0.15, 0.2) is 36.5 Å². The summed E-state index contributed by atoms with van der Waals surface area (Å²) in [5.41, 5.74) is 3.18. The summed E-state index contributed by atoms with van der Waals surface area (Å²) in [6, 6.07) is 8.34. The molecule has 2 aromatic heterocycles. The van der Waals surface area contributed by atoms with Crippen molar-refractivity contribution >= 4 is 16.9 Å². The molecule has 1 N–H and O–H groups in total. The molecule has 5 nitrogen and oxygen atoms in total. The summed E-state index contributed by atoms with van der Waals surface area (Å²) in [5, 5.41) is 8.13. The zero-order valence-electron chi connectivity index (χ0n) is 16.2. The first-order valence-electron chi connectivity index (χ1n) is 9.27. The van der Waals surface area contributed by atoms with Crippen LogP contribution in [-0.4, -0.2) is 27.2 Å². The normalized spacial score (nSPS) is 11.5. The molecule has 3 rings (SSSR count). The zero-order chi connectivity index (χ0) is 19.6. The van der Waals surface area contributed by atoms with Gasteiger partial charge in [0, 0.05) is 18.3 Å². The van der Waals surface area contributed by atoms with Gasteiger partial charge in [0.1, 0.15) is 5.82 Å². The maximum atomic E-state index is 13.0. The quantitative estimate of drug-likeness (QED) is 0.708. The van der Waals surface area contributed by atoms with Gasteiger partial charge >= 0.3 is 0 Å². The van der Waals surface area contributed by atoms with Crippen LogP contribution in [0.1, 0.15) is 61.3 Å². The van der Waals surface area contributed by atoms with E-state index in [1.807, 2.05) is 24.6 Å². The number of hydrogen-bond donors (Lipinski definition) is 1. The lowest BCUT2D eigenvalue weighted by Crippen LogP contribution is -2.26. The van der Waals surface area contributed by atoms with E-state index in [4.69, 9.17) is 4.98 Å². The fourth-order valence-electron chi connectivity index (χ4n) is 2.97. The Morgan fingerprint density at radius 3 is 2.52 bits per heavy atom. The van der Waals surface area contributed by atoms with E-state index in [1.165, 1.54) is 12.1 Å². The summed E-state index contributed by atoms with van der Waals surface area (Å²) in [6.45, 7) is 8.67. The molecule has 142 valence electrons. The molecular weight excluding hydrogens is 343 g/mol. The van der Waals surface area contributed by atoms with E-state index in [9.17, 15) is 9.18 Å². The number of nitrogens with one attached hydrogen (secondary N) is 1. The molecule has 0 saturated carbocycles. The van der Waals surface area contributed by atoms with Crippen LogP contribution in [0, 0.1) is 5.82 Å². The van der Waals surface area contributed by atoms with Crippen LogP contribution in [0.5, 0.6) is 0 Å². The minimum Gasteiger partial charge on any atom is -0.352 e. The van der Waals surface area contributed by atoms with Gasteiger partial charge in [0.25, 0.3) is 5.91 Å². The summed E-state index contributed by atoms with van der Waals surface area (Å²) in [4.78, 5) is 17.5. The highest BCUT2D eigenvalue weighted by atomic mass is 19.1. The van der Waals surface area contributed by atoms with E-state index in [0.29, 0.717) is 18.5 Å². The van der Waals surface area contributed by atoms with E-state index in [-0.39, 0.29) is 23.7 Å². The van der Waals surface area contributed by atoms with Gasteiger partial charge in [0.15, 0.2) is 5.65 Å². The Bertz CT molecular complexity index is 945. The molecular formula is C21H25FN4O. The first kappa shape index (κ1) is 19.0. The molecule has 3 aromatic rings. The van der Waals surface area contributed by atoms with Gasteiger partial charge in [0.05, 0.1) is 17.1 Å². The molecule has 0 bridgehead atoms. The monoisotopic (exact) mass is 368 g/mol. The number of hydrogen-bond acceptors (Lipinski definition) is 3. The summed E-state index contributed by atoms with van der Waals surface area (Å²) in [7, 11) is 0. The molecule has 0 aliphatic heterocycles. The van der Waals surface area contributed by atoms with Crippen molar-refractivity contribution in [3.63, 3.8) is 0 Å². The molecule has 0 atom stereocenters. The van der Waals surface area contributed by atoms with Crippen LogP contribution in [0.2, 0.25) is 0 Å². The average molecular weight is 368 g/mol. The second-order valence-electron chi connectivity index (χ2n) is 7.30. The number of pyridine rings is 1. The van der Waals surface area contributed by atoms with Crippen LogP contribution >= 0.6 is 0 Å². The minimum absolute atomic E-state index is 0.144. The van der Waals surface area contributed by atoms with E-state index in [2.05, 4.69) is 24.3 Å². The van der Waals surface area contributed by atoms with Gasteiger partial charge in [-0.25, -0.2) is 14.1 Å². The van der Waals surface area contributed by atoms with Crippen molar-refractivity contribution in [3.05, 3.63) is 59.2 Å². The van der Waals surface area contributed by atoms with Gasteiger partial charge in [-0.3, -0.25) is 4.79 Å². The molecule has 0 fully saturated rings. The SMILES string of the molecule is CC(C)c1cc(C(=O)NCCc2ccc(F)cc2)c2cnn(C(C)C)c2n1. The highest BCUT2D eigenvalue weighted by molar-refractivity contribution is 6.05. The third kappa shape index (κ3) is 4.15. The second kappa shape index (κ2) is 7.86. The number of amides is 1. The first-order chi connectivity index (χ1) is 12.9. The molecule has 6 heteroatoms. The summed E-state index contributed by atoms with van der Waals surface area (Å²) >= 11 is 0. The van der Waals surface area contributed by atoms with Crippen molar-refractivity contribution in [1.29, 1.82) is 0 Å². The second-order valence-corrected chi connectivity index (χ2v) is 7.30. The standard InChI is InChI=1S/C21H25FN4O/c1-13(2)19-11-17(18-12-24-26(14(3)4)20(18)25-19)21(27)23-10-9-15-5-7-16(22)8-6-15/h5-8,11-14H,9-10H2,1-4H3,(H,23,27). The van der Waals surface area contributed by atoms with Gasteiger partial charge in [-0.15, -0.1) is 0 Å². The van der Waals surface area contributed by atoms with E-state index < -0.39 is 0 Å². The largest absolute Gasteiger partial charge is 0.352 e. The highest BCUT2D eigenvalue weighted by Crippen LogP contribution is 2.24. The molecule has 1 amide bonds. The van der Waals surface area contributed by atoms with Gasteiger partial charge < -0.3 is 5.32 Å². The fraction of sp³-hybridized carbons (Fsp3) is 0.381. The lowest BCUT2D eigenvalue weighted by atomic mass is 10.0. The minimum atomic E-state index is -0.259. The first-order valence-corrected chi connectivity index (χ1v) is 9.27. The van der Waals surface area contributed by atoms with Crippen LogP contribution in [0.25, 0.3) is 11.0 Å². The summed E-state index contributed by atoms with van der Waals surface area (Å²) < 4.78 is 14.8. The van der Waals surface area contributed by atoms with Crippen LogP contribution in [0.3, 0.4) is 0 Å². The number of halogens is 1. The summed E-state index contributed by atoms with van der Waals surface area (Å²) in [5.74, 6) is -0.198. The average Bonchev–Trinajstić information content (AvgIpc) is 3.06. The Morgan fingerprint density at radius 1 is 1.19 bits per heavy atom. The van der Waals surface area contributed by atoms with Crippen molar-refractivity contribution in [1.82, 2.24) is 20.1 Å². The lowest BCUT2D eigenvalue weighted by molar-refractivity contribution is 0.0955. The van der Waals surface area contributed by atoms with Crippen LogP contribution < -0.4 is 5.32 Å². The predicted molar refractivity (Wildman–Crippen MR) is 104 cm³/mol. The molecule has 27 heavy (non-hydrogen) atoms. The van der Waals surface area contributed by atoms with Gasteiger partial charge in [0.2, 0.25) is 0 Å². The zero-order valence-corrected chi connectivity index (χ0v) is 16.2. The fourth-order valence-corrected chi connectivity index (χ4v) is 2.97. The van der Waals surface area contributed by atoms with Gasteiger partial charge in [-0.05, 0) is 49.9 Å². The Balaban J connectivity index is 1.83. The molecule has 1 aromatic carbocycles. The molecule has 0 saturated heterocycles. The Hall–Kier alpha value is -2.76. The molecule has 0 unspecified atom stereocenters. The maximum absolute atomic E-state index is 13.0.